The number of nitrogens with zero attached hydrogens (tertiary/aromatic N) is 2. The highest BCUT2D eigenvalue weighted by Crippen LogP contribution is 2.20. The van der Waals surface area contributed by atoms with Crippen LogP contribution in [0.15, 0.2) is 54.6 Å². The number of para-hydroxylation sites is 1. The van der Waals surface area contributed by atoms with Gasteiger partial charge in [0.2, 0.25) is 5.91 Å². The molecule has 0 aliphatic rings. The number of anilines is 1. The van der Waals surface area contributed by atoms with Gasteiger partial charge in [0.25, 0.3) is 0 Å². The Morgan fingerprint density at radius 3 is 2.46 bits per heavy atom. The number of nitrogens with one attached hydrogen (secondary N) is 1. The van der Waals surface area contributed by atoms with Gasteiger partial charge in [-0.25, -0.2) is 9.07 Å². The van der Waals surface area contributed by atoms with Crippen molar-refractivity contribution in [3.8, 4) is 5.69 Å². The molecule has 4 nitrogen and oxygen atoms in total. The van der Waals surface area contributed by atoms with Gasteiger partial charge in [-0.2, -0.15) is 5.10 Å². The van der Waals surface area contributed by atoms with E-state index in [-0.39, 0.29) is 11.7 Å². The first kappa shape index (κ1) is 17.6. The molecular weight excluding hydrogens is 329 g/mol. The van der Waals surface area contributed by atoms with Crippen molar-refractivity contribution < 1.29 is 9.18 Å². The third-order valence-corrected chi connectivity index (χ3v) is 4.22. The van der Waals surface area contributed by atoms with Crippen LogP contribution in [0.1, 0.15) is 22.5 Å². The Kier molecular flexibility index (Phi) is 4.98. The zero-order valence-corrected chi connectivity index (χ0v) is 15.0. The molecule has 0 unspecified atom stereocenters. The summed E-state index contributed by atoms with van der Waals surface area (Å²) < 4.78 is 14.9. The third kappa shape index (κ3) is 3.72. The molecular formula is C21H20FN3O. The molecule has 0 aliphatic heterocycles. The van der Waals surface area contributed by atoms with Gasteiger partial charge in [0, 0.05) is 23.0 Å². The second-order valence-corrected chi connectivity index (χ2v) is 6.11. The van der Waals surface area contributed by atoms with E-state index in [1.165, 1.54) is 18.2 Å². The van der Waals surface area contributed by atoms with E-state index < -0.39 is 0 Å². The number of carbonyl (C=O) groups is 1. The van der Waals surface area contributed by atoms with Crippen LogP contribution in [0.3, 0.4) is 0 Å². The molecule has 0 atom stereocenters. The molecule has 5 heteroatoms. The average Bonchev–Trinajstić information content (AvgIpc) is 2.90. The molecule has 0 radical (unpaired) electrons. The Hall–Kier alpha value is -3.21. The van der Waals surface area contributed by atoms with Crippen LogP contribution < -0.4 is 5.32 Å². The molecule has 0 saturated carbocycles. The van der Waals surface area contributed by atoms with Gasteiger partial charge in [-0.1, -0.05) is 18.2 Å². The summed E-state index contributed by atoms with van der Waals surface area (Å²) in [6.07, 6.45) is 3.25. The van der Waals surface area contributed by atoms with E-state index >= 15 is 0 Å². The molecule has 0 saturated heterocycles. The first-order chi connectivity index (χ1) is 12.5. The fourth-order valence-corrected chi connectivity index (χ4v) is 2.78. The van der Waals surface area contributed by atoms with E-state index in [4.69, 9.17) is 0 Å². The second kappa shape index (κ2) is 7.35. The molecule has 26 heavy (non-hydrogen) atoms. The van der Waals surface area contributed by atoms with E-state index in [0.29, 0.717) is 0 Å². The number of aromatic nitrogens is 2. The molecule has 132 valence electrons. The minimum atomic E-state index is -0.289. The molecule has 1 amide bonds. The summed E-state index contributed by atoms with van der Waals surface area (Å²) in [4.78, 5) is 12.2. The molecule has 0 fully saturated rings. The SMILES string of the molecule is Cc1ccccc1NC(=O)/C=C/c1c(C)nn(-c2ccc(F)cc2)c1C. The van der Waals surface area contributed by atoms with Crippen LogP contribution in [0, 0.1) is 26.6 Å². The Morgan fingerprint density at radius 1 is 1.08 bits per heavy atom. The standard InChI is InChI=1S/C21H20FN3O/c1-14-6-4-5-7-20(14)23-21(26)13-12-19-15(2)24-25(16(19)3)18-10-8-17(22)9-11-18/h4-13H,1-3H3,(H,23,26)/b13-12+. The zero-order chi connectivity index (χ0) is 18.7. The van der Waals surface area contributed by atoms with Crippen LogP contribution in [-0.2, 0) is 4.79 Å². The quantitative estimate of drug-likeness (QED) is 0.700. The highest BCUT2D eigenvalue weighted by Gasteiger charge is 2.11. The van der Waals surface area contributed by atoms with Crippen molar-refractivity contribution in [1.29, 1.82) is 0 Å². The largest absolute Gasteiger partial charge is 0.322 e. The average molecular weight is 349 g/mol. The summed E-state index contributed by atoms with van der Waals surface area (Å²) in [5, 5.41) is 7.37. The van der Waals surface area contributed by atoms with E-state index in [1.807, 2.05) is 45.0 Å². The number of halogens is 1. The fourth-order valence-electron chi connectivity index (χ4n) is 2.78. The summed E-state index contributed by atoms with van der Waals surface area (Å²) in [5.74, 6) is -0.490. The highest BCUT2D eigenvalue weighted by molar-refractivity contribution is 6.02. The van der Waals surface area contributed by atoms with E-state index in [1.54, 1.807) is 22.9 Å². The number of carbonyl (C=O) groups excluding carboxylic acids is 1. The van der Waals surface area contributed by atoms with Gasteiger partial charge in [0.1, 0.15) is 5.82 Å². The lowest BCUT2D eigenvalue weighted by Gasteiger charge is -2.05. The molecule has 0 spiro atoms. The lowest BCUT2D eigenvalue weighted by molar-refractivity contribution is -0.111. The molecule has 3 aromatic rings. The maximum absolute atomic E-state index is 13.1. The van der Waals surface area contributed by atoms with E-state index in [0.717, 1.165) is 33.9 Å². The van der Waals surface area contributed by atoms with Gasteiger partial charge in [-0.3, -0.25) is 4.79 Å². The third-order valence-electron chi connectivity index (χ3n) is 4.22. The molecule has 3 rings (SSSR count). The second-order valence-electron chi connectivity index (χ2n) is 6.11. The van der Waals surface area contributed by atoms with E-state index in [2.05, 4.69) is 10.4 Å². The molecule has 1 heterocycles. The van der Waals surface area contributed by atoms with Crippen LogP contribution in [0.5, 0.6) is 0 Å². The zero-order valence-electron chi connectivity index (χ0n) is 15.0. The summed E-state index contributed by atoms with van der Waals surface area (Å²) in [5.41, 5.74) is 5.12. The van der Waals surface area contributed by atoms with Gasteiger partial charge >= 0.3 is 0 Å². The smallest absolute Gasteiger partial charge is 0.248 e. The summed E-state index contributed by atoms with van der Waals surface area (Å²) >= 11 is 0. The van der Waals surface area contributed by atoms with Crippen molar-refractivity contribution in [2.24, 2.45) is 0 Å². The molecule has 1 aromatic heterocycles. The summed E-state index contributed by atoms with van der Waals surface area (Å²) in [7, 11) is 0. The minimum Gasteiger partial charge on any atom is -0.322 e. The molecule has 2 aromatic carbocycles. The Morgan fingerprint density at radius 2 is 1.77 bits per heavy atom. The number of amides is 1. The summed E-state index contributed by atoms with van der Waals surface area (Å²) in [6, 6.07) is 13.8. The van der Waals surface area contributed by atoms with Crippen molar-refractivity contribution in [2.45, 2.75) is 20.8 Å². The van der Waals surface area contributed by atoms with Gasteiger partial charge in [0.15, 0.2) is 0 Å². The first-order valence-electron chi connectivity index (χ1n) is 8.32. The minimum absolute atomic E-state index is 0.201. The lowest BCUT2D eigenvalue weighted by atomic mass is 10.1. The maximum Gasteiger partial charge on any atom is 0.248 e. The number of rotatable bonds is 4. The van der Waals surface area contributed by atoms with Crippen molar-refractivity contribution in [3.05, 3.63) is 82.9 Å². The highest BCUT2D eigenvalue weighted by atomic mass is 19.1. The van der Waals surface area contributed by atoms with Crippen molar-refractivity contribution in [2.75, 3.05) is 5.32 Å². The van der Waals surface area contributed by atoms with Gasteiger partial charge in [-0.15, -0.1) is 0 Å². The van der Waals surface area contributed by atoms with Gasteiger partial charge in [0.05, 0.1) is 11.4 Å². The monoisotopic (exact) mass is 349 g/mol. The normalized spacial score (nSPS) is 11.1. The number of benzene rings is 2. The van der Waals surface area contributed by atoms with Crippen LogP contribution in [0.4, 0.5) is 10.1 Å². The van der Waals surface area contributed by atoms with Gasteiger partial charge in [-0.05, 0) is 62.7 Å². The fraction of sp³-hybridized carbons (Fsp3) is 0.143. The number of aryl methyl sites for hydroxylation is 2. The van der Waals surface area contributed by atoms with Crippen molar-refractivity contribution in [3.63, 3.8) is 0 Å². The Balaban J connectivity index is 1.81. The Bertz CT molecular complexity index is 971. The molecule has 0 bridgehead atoms. The molecule has 0 aliphatic carbocycles. The van der Waals surface area contributed by atoms with Crippen LogP contribution in [-0.4, -0.2) is 15.7 Å². The first-order valence-corrected chi connectivity index (χ1v) is 8.32. The number of hydrogen-bond donors (Lipinski definition) is 1. The Labute approximate surface area is 152 Å². The van der Waals surface area contributed by atoms with Crippen LogP contribution >= 0.6 is 0 Å². The van der Waals surface area contributed by atoms with Crippen LogP contribution in [0.25, 0.3) is 11.8 Å². The van der Waals surface area contributed by atoms with Crippen LogP contribution in [0.2, 0.25) is 0 Å². The lowest BCUT2D eigenvalue weighted by Crippen LogP contribution is -2.08. The predicted octanol–water partition coefficient (Wildman–Crippen LogP) is 4.59. The van der Waals surface area contributed by atoms with Crippen molar-refractivity contribution in [1.82, 2.24) is 9.78 Å². The predicted molar refractivity (Wildman–Crippen MR) is 102 cm³/mol. The maximum atomic E-state index is 13.1. The van der Waals surface area contributed by atoms with Crippen molar-refractivity contribution >= 4 is 17.7 Å². The van der Waals surface area contributed by atoms with E-state index in [9.17, 15) is 9.18 Å². The number of hydrogen-bond acceptors (Lipinski definition) is 2. The topological polar surface area (TPSA) is 46.9 Å². The van der Waals surface area contributed by atoms with Gasteiger partial charge < -0.3 is 5.32 Å². The summed E-state index contributed by atoms with van der Waals surface area (Å²) in [6.45, 7) is 5.74. The molecule has 1 N–H and O–H groups in total.